The molecule has 0 unspecified atom stereocenters. The van der Waals surface area contributed by atoms with E-state index < -0.39 is 0 Å². The van der Waals surface area contributed by atoms with Gasteiger partial charge in [-0.15, -0.1) is 0 Å². The molecule has 3 aromatic carbocycles. The molecule has 0 radical (unpaired) electrons. The summed E-state index contributed by atoms with van der Waals surface area (Å²) in [5.41, 5.74) is 24.5. The average molecular weight is 284 g/mol. The third kappa shape index (κ3) is 1.49. The van der Waals surface area contributed by atoms with Crippen molar-refractivity contribution in [2.24, 2.45) is 0 Å². The number of anilines is 2. The molecular formula is C20H16N2. The van der Waals surface area contributed by atoms with Crippen molar-refractivity contribution in [2.75, 3.05) is 11.5 Å². The lowest BCUT2D eigenvalue weighted by molar-refractivity contribution is 1.24. The van der Waals surface area contributed by atoms with Gasteiger partial charge in [0.25, 0.3) is 0 Å². The van der Waals surface area contributed by atoms with Gasteiger partial charge in [0.15, 0.2) is 0 Å². The van der Waals surface area contributed by atoms with Crippen LogP contribution >= 0.6 is 0 Å². The maximum atomic E-state index is 5.93. The Morgan fingerprint density at radius 3 is 1.36 bits per heavy atom. The molecule has 2 nitrogen and oxygen atoms in total. The van der Waals surface area contributed by atoms with E-state index in [9.17, 15) is 0 Å². The summed E-state index contributed by atoms with van der Waals surface area (Å²) in [5, 5.41) is 0. The molecule has 0 bridgehead atoms. The molecule has 0 saturated heterocycles. The lowest BCUT2D eigenvalue weighted by atomic mass is 9.98. The number of nitrogen functional groups attached to an aromatic ring is 2. The molecule has 2 aliphatic rings. The Labute approximate surface area is 129 Å². The first kappa shape index (κ1) is 11.9. The zero-order valence-corrected chi connectivity index (χ0v) is 12.2. The van der Waals surface area contributed by atoms with Gasteiger partial charge in [0, 0.05) is 11.4 Å². The molecular weight excluding hydrogens is 268 g/mol. The second-order valence-electron chi connectivity index (χ2n) is 6.35. The quantitative estimate of drug-likeness (QED) is 0.422. The molecule has 0 fully saturated rings. The smallest absolute Gasteiger partial charge is 0.0317 e. The molecule has 22 heavy (non-hydrogen) atoms. The third-order valence-corrected chi connectivity index (χ3v) is 4.93. The van der Waals surface area contributed by atoms with E-state index in [0.29, 0.717) is 0 Å². The van der Waals surface area contributed by atoms with E-state index in [4.69, 9.17) is 11.5 Å². The Hall–Kier alpha value is -2.74. The van der Waals surface area contributed by atoms with E-state index in [2.05, 4.69) is 36.4 Å². The standard InChI is InChI=1S/C20H16N2/c21-15-1-3-17-11(7-15)5-13-10-20-14(9-19(13)17)6-12-8-16(22)2-4-18(12)20/h1-4,7-10H,5-6,21-22H2. The van der Waals surface area contributed by atoms with Crippen LogP contribution in [0.2, 0.25) is 0 Å². The zero-order chi connectivity index (χ0) is 14.8. The van der Waals surface area contributed by atoms with Crippen LogP contribution in [0.5, 0.6) is 0 Å². The van der Waals surface area contributed by atoms with Crippen LogP contribution in [-0.4, -0.2) is 0 Å². The van der Waals surface area contributed by atoms with Crippen molar-refractivity contribution >= 4 is 11.4 Å². The maximum Gasteiger partial charge on any atom is 0.0317 e. The molecule has 0 aromatic heterocycles. The van der Waals surface area contributed by atoms with Gasteiger partial charge in [-0.05, 0) is 93.7 Å². The molecule has 3 aromatic rings. The number of fused-ring (bicyclic) bond motifs is 6. The molecule has 2 aliphatic carbocycles. The van der Waals surface area contributed by atoms with Crippen LogP contribution in [-0.2, 0) is 12.8 Å². The van der Waals surface area contributed by atoms with Gasteiger partial charge in [-0.2, -0.15) is 0 Å². The Balaban J connectivity index is 1.70. The predicted octanol–water partition coefficient (Wildman–Crippen LogP) is 3.99. The summed E-state index contributed by atoms with van der Waals surface area (Å²) in [6, 6.07) is 17.2. The number of benzene rings is 3. The summed E-state index contributed by atoms with van der Waals surface area (Å²) < 4.78 is 0. The SMILES string of the molecule is Nc1ccc2c(c1)Cc1cc3c(cc1-2)Cc1cc(N)ccc1-3. The fraction of sp³-hybridized carbons (Fsp3) is 0.100. The fourth-order valence-electron chi connectivity index (χ4n) is 3.94. The lowest BCUT2D eigenvalue weighted by Crippen LogP contribution is -1.87. The summed E-state index contributed by atoms with van der Waals surface area (Å²) in [4.78, 5) is 0. The molecule has 0 saturated carbocycles. The summed E-state index contributed by atoms with van der Waals surface area (Å²) in [6.45, 7) is 0. The monoisotopic (exact) mass is 284 g/mol. The van der Waals surface area contributed by atoms with Gasteiger partial charge in [-0.25, -0.2) is 0 Å². The van der Waals surface area contributed by atoms with Crippen LogP contribution in [0.4, 0.5) is 11.4 Å². The lowest BCUT2D eigenvalue weighted by Gasteiger charge is -2.06. The summed E-state index contributed by atoms with van der Waals surface area (Å²) in [6.07, 6.45) is 1.96. The minimum atomic E-state index is 0.847. The maximum absolute atomic E-state index is 5.93. The Morgan fingerprint density at radius 2 is 0.909 bits per heavy atom. The molecule has 0 aliphatic heterocycles. The molecule has 0 amide bonds. The normalized spacial score (nSPS) is 13.5. The van der Waals surface area contributed by atoms with Crippen LogP contribution in [0.15, 0.2) is 48.5 Å². The zero-order valence-electron chi connectivity index (χ0n) is 12.2. The van der Waals surface area contributed by atoms with Gasteiger partial charge in [-0.3, -0.25) is 0 Å². The molecule has 4 N–H and O–H groups in total. The minimum absolute atomic E-state index is 0.847. The van der Waals surface area contributed by atoms with Crippen molar-refractivity contribution in [1.29, 1.82) is 0 Å². The van der Waals surface area contributed by atoms with Crippen LogP contribution in [0.1, 0.15) is 22.3 Å². The van der Waals surface area contributed by atoms with Gasteiger partial charge in [0.2, 0.25) is 0 Å². The topological polar surface area (TPSA) is 52.0 Å². The number of hydrogen-bond acceptors (Lipinski definition) is 2. The first-order chi connectivity index (χ1) is 10.7. The van der Waals surface area contributed by atoms with Crippen molar-refractivity contribution in [2.45, 2.75) is 12.8 Å². The van der Waals surface area contributed by atoms with Crippen LogP contribution in [0, 0.1) is 0 Å². The highest BCUT2D eigenvalue weighted by Gasteiger charge is 2.25. The number of nitrogens with two attached hydrogens (primary N) is 2. The first-order valence-electron chi connectivity index (χ1n) is 7.62. The molecule has 106 valence electrons. The third-order valence-electron chi connectivity index (χ3n) is 4.93. The van der Waals surface area contributed by atoms with Crippen molar-refractivity contribution in [1.82, 2.24) is 0 Å². The summed E-state index contributed by atoms with van der Waals surface area (Å²) in [7, 11) is 0. The first-order valence-corrected chi connectivity index (χ1v) is 7.62. The van der Waals surface area contributed by atoms with Crippen molar-refractivity contribution in [3.05, 3.63) is 70.8 Å². The Bertz CT molecular complexity index is 875. The second-order valence-corrected chi connectivity index (χ2v) is 6.35. The average Bonchev–Trinajstić information content (AvgIpc) is 3.00. The minimum Gasteiger partial charge on any atom is -0.399 e. The van der Waals surface area contributed by atoms with E-state index >= 15 is 0 Å². The molecule has 5 rings (SSSR count). The van der Waals surface area contributed by atoms with Gasteiger partial charge >= 0.3 is 0 Å². The fourth-order valence-corrected chi connectivity index (χ4v) is 3.94. The van der Waals surface area contributed by atoms with Gasteiger partial charge < -0.3 is 11.5 Å². The molecule has 0 heterocycles. The molecule has 2 heteroatoms. The number of hydrogen-bond donors (Lipinski definition) is 2. The van der Waals surface area contributed by atoms with Gasteiger partial charge in [0.1, 0.15) is 0 Å². The Morgan fingerprint density at radius 1 is 0.500 bits per heavy atom. The van der Waals surface area contributed by atoms with Gasteiger partial charge in [-0.1, -0.05) is 12.1 Å². The van der Waals surface area contributed by atoms with Crippen LogP contribution < -0.4 is 11.5 Å². The highest BCUT2D eigenvalue weighted by molar-refractivity contribution is 5.86. The van der Waals surface area contributed by atoms with Crippen molar-refractivity contribution in [3.8, 4) is 22.3 Å². The summed E-state index contributed by atoms with van der Waals surface area (Å²) >= 11 is 0. The molecule has 0 atom stereocenters. The van der Waals surface area contributed by atoms with E-state index in [1.165, 1.54) is 44.5 Å². The number of rotatable bonds is 0. The summed E-state index contributed by atoms with van der Waals surface area (Å²) in [5.74, 6) is 0. The van der Waals surface area contributed by atoms with Crippen molar-refractivity contribution < 1.29 is 0 Å². The largest absolute Gasteiger partial charge is 0.399 e. The van der Waals surface area contributed by atoms with Crippen molar-refractivity contribution in [3.63, 3.8) is 0 Å². The van der Waals surface area contributed by atoms with E-state index in [1.54, 1.807) is 0 Å². The van der Waals surface area contributed by atoms with Crippen LogP contribution in [0.25, 0.3) is 22.3 Å². The van der Waals surface area contributed by atoms with E-state index in [0.717, 1.165) is 24.2 Å². The second kappa shape index (κ2) is 3.92. The molecule has 0 spiro atoms. The van der Waals surface area contributed by atoms with E-state index in [-0.39, 0.29) is 0 Å². The van der Waals surface area contributed by atoms with Crippen LogP contribution in [0.3, 0.4) is 0 Å². The predicted molar refractivity (Wildman–Crippen MR) is 91.8 cm³/mol. The highest BCUT2D eigenvalue weighted by Crippen LogP contribution is 2.45. The van der Waals surface area contributed by atoms with E-state index in [1.807, 2.05) is 12.1 Å². The highest BCUT2D eigenvalue weighted by atomic mass is 14.5. The van der Waals surface area contributed by atoms with Gasteiger partial charge in [0.05, 0.1) is 0 Å². The Kier molecular flexibility index (Phi) is 2.11.